The largest absolute Gasteiger partial charge is 0.493 e. The Hall–Kier alpha value is -1.84. The summed E-state index contributed by atoms with van der Waals surface area (Å²) in [5.74, 6) is 0.369. The molecule has 0 fully saturated rings. The molecule has 0 atom stereocenters. The van der Waals surface area contributed by atoms with Crippen molar-refractivity contribution in [1.29, 1.82) is 0 Å². The Morgan fingerprint density at radius 1 is 1.15 bits per heavy atom. The zero-order valence-corrected chi connectivity index (χ0v) is 12.6. The Morgan fingerprint density at radius 3 is 2.45 bits per heavy atom. The lowest BCUT2D eigenvalue weighted by atomic mass is 9.99. The van der Waals surface area contributed by atoms with Crippen LogP contribution < -0.4 is 4.74 Å². The van der Waals surface area contributed by atoms with E-state index in [4.69, 9.17) is 4.74 Å². The summed E-state index contributed by atoms with van der Waals surface area (Å²) in [6, 6.07) is 3.84. The minimum Gasteiger partial charge on any atom is -0.493 e. The standard InChI is InChI=1S/C16H22O4/c1-5-20-16-12(3)9-11(2)10-13(16)14(17)7-6-8-15(18)19-4/h9-10H,5-8H2,1-4H3. The van der Waals surface area contributed by atoms with Gasteiger partial charge in [0.25, 0.3) is 0 Å². The summed E-state index contributed by atoms with van der Waals surface area (Å²) in [4.78, 5) is 23.3. The number of rotatable bonds is 7. The Balaban J connectivity index is 2.83. The molecule has 1 aromatic carbocycles. The van der Waals surface area contributed by atoms with Crippen molar-refractivity contribution in [2.45, 2.75) is 40.0 Å². The lowest BCUT2D eigenvalue weighted by molar-refractivity contribution is -0.140. The van der Waals surface area contributed by atoms with Crippen molar-refractivity contribution in [2.24, 2.45) is 0 Å². The van der Waals surface area contributed by atoms with Gasteiger partial charge in [-0.05, 0) is 44.4 Å². The first-order chi connectivity index (χ1) is 9.49. The summed E-state index contributed by atoms with van der Waals surface area (Å²) < 4.78 is 10.1. The van der Waals surface area contributed by atoms with Gasteiger partial charge in [-0.25, -0.2) is 0 Å². The molecule has 0 amide bonds. The van der Waals surface area contributed by atoms with E-state index in [1.54, 1.807) is 0 Å². The number of ether oxygens (including phenoxy) is 2. The molecule has 0 aliphatic heterocycles. The van der Waals surface area contributed by atoms with Gasteiger partial charge in [-0.15, -0.1) is 0 Å². The SMILES string of the molecule is CCOc1c(C)cc(C)cc1C(=O)CCCC(=O)OC. The summed E-state index contributed by atoms with van der Waals surface area (Å²) >= 11 is 0. The second kappa shape index (κ2) is 7.68. The Kier molecular flexibility index (Phi) is 6.22. The van der Waals surface area contributed by atoms with Gasteiger partial charge in [0.2, 0.25) is 0 Å². The maximum atomic E-state index is 12.3. The van der Waals surface area contributed by atoms with Crippen molar-refractivity contribution in [1.82, 2.24) is 0 Å². The van der Waals surface area contributed by atoms with Crippen LogP contribution >= 0.6 is 0 Å². The first kappa shape index (κ1) is 16.2. The minimum absolute atomic E-state index is 0.00385. The van der Waals surface area contributed by atoms with Gasteiger partial charge in [0.1, 0.15) is 5.75 Å². The number of methoxy groups -OCH3 is 1. The van der Waals surface area contributed by atoms with Crippen molar-refractivity contribution in [3.63, 3.8) is 0 Å². The number of Topliss-reactive ketones (excluding diaryl/α,β-unsaturated/α-hetero) is 1. The maximum absolute atomic E-state index is 12.3. The molecule has 4 heteroatoms. The van der Waals surface area contributed by atoms with Crippen LogP contribution in [-0.2, 0) is 9.53 Å². The highest BCUT2D eigenvalue weighted by atomic mass is 16.5. The molecule has 0 radical (unpaired) electrons. The Labute approximate surface area is 120 Å². The fraction of sp³-hybridized carbons (Fsp3) is 0.500. The topological polar surface area (TPSA) is 52.6 Å². The molecule has 0 saturated carbocycles. The molecule has 0 bridgehead atoms. The number of benzene rings is 1. The number of hydrogen-bond acceptors (Lipinski definition) is 4. The average Bonchev–Trinajstić information content (AvgIpc) is 2.41. The van der Waals surface area contributed by atoms with Crippen molar-refractivity contribution >= 4 is 11.8 Å². The highest BCUT2D eigenvalue weighted by Crippen LogP contribution is 2.27. The van der Waals surface area contributed by atoms with Crippen molar-refractivity contribution < 1.29 is 19.1 Å². The molecule has 0 aliphatic rings. The van der Waals surface area contributed by atoms with Crippen molar-refractivity contribution in [3.05, 3.63) is 28.8 Å². The molecule has 0 aliphatic carbocycles. The van der Waals surface area contributed by atoms with Gasteiger partial charge >= 0.3 is 5.97 Å². The fourth-order valence-electron chi connectivity index (χ4n) is 2.13. The zero-order valence-electron chi connectivity index (χ0n) is 12.6. The minimum atomic E-state index is -0.289. The number of carbonyl (C=O) groups excluding carboxylic acids is 2. The number of esters is 1. The second-order valence-electron chi connectivity index (χ2n) is 4.74. The van der Waals surface area contributed by atoms with E-state index >= 15 is 0 Å². The lowest BCUT2D eigenvalue weighted by Gasteiger charge is -2.13. The third-order valence-electron chi connectivity index (χ3n) is 3.02. The van der Waals surface area contributed by atoms with Gasteiger partial charge < -0.3 is 9.47 Å². The van der Waals surface area contributed by atoms with Gasteiger partial charge in [0.15, 0.2) is 5.78 Å². The fourth-order valence-corrected chi connectivity index (χ4v) is 2.13. The highest BCUT2D eigenvalue weighted by Gasteiger charge is 2.16. The summed E-state index contributed by atoms with van der Waals surface area (Å²) in [5.41, 5.74) is 2.60. The molecule has 0 N–H and O–H groups in total. The maximum Gasteiger partial charge on any atom is 0.305 e. The van der Waals surface area contributed by atoms with Crippen molar-refractivity contribution in [2.75, 3.05) is 13.7 Å². The average molecular weight is 278 g/mol. The summed E-state index contributed by atoms with van der Waals surface area (Å²) in [5, 5.41) is 0. The van der Waals surface area contributed by atoms with Crippen LogP contribution in [0.5, 0.6) is 5.75 Å². The first-order valence-electron chi connectivity index (χ1n) is 6.83. The molecule has 0 unspecified atom stereocenters. The van der Waals surface area contributed by atoms with Crippen LogP contribution in [0.3, 0.4) is 0 Å². The predicted molar refractivity (Wildman–Crippen MR) is 77.3 cm³/mol. The van der Waals surface area contributed by atoms with Gasteiger partial charge in [0.05, 0.1) is 19.3 Å². The second-order valence-corrected chi connectivity index (χ2v) is 4.74. The van der Waals surface area contributed by atoms with E-state index in [1.807, 2.05) is 32.9 Å². The molecule has 20 heavy (non-hydrogen) atoms. The van der Waals surface area contributed by atoms with Crippen LogP contribution in [0.25, 0.3) is 0 Å². The molecular weight excluding hydrogens is 256 g/mol. The molecule has 0 saturated heterocycles. The predicted octanol–water partition coefficient (Wildman–Crippen LogP) is 3.23. The number of ketones is 1. The van der Waals surface area contributed by atoms with E-state index in [2.05, 4.69) is 4.74 Å². The molecule has 1 rings (SSSR count). The van der Waals surface area contributed by atoms with Crippen LogP contribution in [0.2, 0.25) is 0 Å². The molecule has 110 valence electrons. The summed E-state index contributed by atoms with van der Waals surface area (Å²) in [6.07, 6.45) is 1.07. The van der Waals surface area contributed by atoms with Crippen LogP contribution in [0.1, 0.15) is 47.7 Å². The van der Waals surface area contributed by atoms with Gasteiger partial charge in [-0.2, -0.15) is 0 Å². The zero-order chi connectivity index (χ0) is 15.1. The molecular formula is C16H22O4. The normalized spacial score (nSPS) is 10.2. The van der Waals surface area contributed by atoms with Gasteiger partial charge in [-0.1, -0.05) is 6.07 Å². The third kappa shape index (κ3) is 4.37. The summed E-state index contributed by atoms with van der Waals surface area (Å²) in [6.45, 7) is 6.30. The van der Waals surface area contributed by atoms with Crippen LogP contribution in [0, 0.1) is 13.8 Å². The number of aryl methyl sites for hydroxylation is 2. The third-order valence-corrected chi connectivity index (χ3v) is 3.02. The van der Waals surface area contributed by atoms with Gasteiger partial charge in [-0.3, -0.25) is 9.59 Å². The smallest absolute Gasteiger partial charge is 0.305 e. The van der Waals surface area contributed by atoms with Gasteiger partial charge in [0, 0.05) is 12.8 Å². The molecule has 4 nitrogen and oxygen atoms in total. The van der Waals surface area contributed by atoms with E-state index in [9.17, 15) is 9.59 Å². The van der Waals surface area contributed by atoms with Crippen molar-refractivity contribution in [3.8, 4) is 5.75 Å². The molecule has 0 spiro atoms. The van der Waals surface area contributed by atoms with Crippen LogP contribution in [0.4, 0.5) is 0 Å². The van der Waals surface area contributed by atoms with E-state index in [0.29, 0.717) is 30.8 Å². The highest BCUT2D eigenvalue weighted by molar-refractivity contribution is 5.99. The van der Waals surface area contributed by atoms with Crippen LogP contribution in [0.15, 0.2) is 12.1 Å². The van der Waals surface area contributed by atoms with E-state index in [-0.39, 0.29) is 18.2 Å². The van der Waals surface area contributed by atoms with E-state index in [1.165, 1.54) is 7.11 Å². The van der Waals surface area contributed by atoms with E-state index < -0.39 is 0 Å². The molecule has 1 aromatic rings. The first-order valence-corrected chi connectivity index (χ1v) is 6.83. The Bertz CT molecular complexity index is 491. The summed E-state index contributed by atoms with van der Waals surface area (Å²) in [7, 11) is 1.35. The molecule has 0 aromatic heterocycles. The number of carbonyl (C=O) groups is 2. The Morgan fingerprint density at radius 2 is 1.85 bits per heavy atom. The monoisotopic (exact) mass is 278 g/mol. The number of hydrogen-bond donors (Lipinski definition) is 0. The quantitative estimate of drug-likeness (QED) is 0.567. The van der Waals surface area contributed by atoms with E-state index in [0.717, 1.165) is 11.1 Å². The lowest BCUT2D eigenvalue weighted by Crippen LogP contribution is -2.07. The van der Waals surface area contributed by atoms with Crippen LogP contribution in [-0.4, -0.2) is 25.5 Å². The molecule has 0 heterocycles.